The molecule has 16 heavy (non-hydrogen) atoms. The van der Waals surface area contributed by atoms with Gasteiger partial charge in [0.1, 0.15) is 0 Å². The van der Waals surface area contributed by atoms with Crippen molar-refractivity contribution in [2.75, 3.05) is 0 Å². The minimum absolute atomic E-state index is 0.285. The molecule has 1 amide bonds. The normalized spacial score (nSPS) is 10.3. The van der Waals surface area contributed by atoms with Gasteiger partial charge in [0.15, 0.2) is 0 Å². The second-order valence-electron chi connectivity index (χ2n) is 3.74. The first-order valence-corrected chi connectivity index (χ1v) is 5.01. The Morgan fingerprint density at radius 2 is 2.00 bits per heavy atom. The van der Waals surface area contributed by atoms with E-state index in [1.54, 1.807) is 4.68 Å². The average molecular weight is 215 g/mol. The first kappa shape index (κ1) is 10.4. The zero-order valence-electron chi connectivity index (χ0n) is 9.05. The van der Waals surface area contributed by atoms with Crippen LogP contribution in [0.3, 0.4) is 0 Å². The van der Waals surface area contributed by atoms with Gasteiger partial charge in [-0.05, 0) is 11.1 Å². The van der Waals surface area contributed by atoms with Crippen molar-refractivity contribution < 1.29 is 4.79 Å². The minimum Gasteiger partial charge on any atom is -0.369 e. The zero-order chi connectivity index (χ0) is 11.5. The molecule has 0 aliphatic heterocycles. The van der Waals surface area contributed by atoms with E-state index in [0.717, 1.165) is 16.7 Å². The molecule has 1 aromatic heterocycles. The smallest absolute Gasteiger partial charge is 0.221 e. The highest BCUT2D eigenvalue weighted by molar-refractivity contribution is 5.76. The van der Waals surface area contributed by atoms with Crippen molar-refractivity contribution in [3.05, 3.63) is 42.2 Å². The number of carbonyl (C=O) groups is 1. The number of hydrogen-bond acceptors (Lipinski definition) is 2. The Bertz CT molecular complexity index is 499. The summed E-state index contributed by atoms with van der Waals surface area (Å²) in [6, 6.07) is 7.75. The fourth-order valence-electron chi connectivity index (χ4n) is 1.59. The average Bonchev–Trinajstić information content (AvgIpc) is 2.65. The Hall–Kier alpha value is -2.10. The molecule has 0 fully saturated rings. The molecule has 1 aromatic carbocycles. The monoisotopic (exact) mass is 215 g/mol. The number of benzene rings is 1. The van der Waals surface area contributed by atoms with Gasteiger partial charge >= 0.3 is 0 Å². The van der Waals surface area contributed by atoms with Gasteiger partial charge in [-0.2, -0.15) is 5.10 Å². The molecule has 4 nitrogen and oxygen atoms in total. The second-order valence-corrected chi connectivity index (χ2v) is 3.74. The van der Waals surface area contributed by atoms with E-state index in [9.17, 15) is 4.79 Å². The zero-order valence-corrected chi connectivity index (χ0v) is 9.05. The summed E-state index contributed by atoms with van der Waals surface area (Å²) in [5.41, 5.74) is 8.20. The van der Waals surface area contributed by atoms with E-state index in [1.807, 2.05) is 43.7 Å². The molecule has 0 aliphatic carbocycles. The summed E-state index contributed by atoms with van der Waals surface area (Å²) in [4.78, 5) is 10.7. The third kappa shape index (κ3) is 2.28. The van der Waals surface area contributed by atoms with Gasteiger partial charge in [0.2, 0.25) is 5.91 Å². The summed E-state index contributed by atoms with van der Waals surface area (Å²) in [6.07, 6.45) is 4.04. The van der Waals surface area contributed by atoms with Crippen molar-refractivity contribution in [2.45, 2.75) is 6.42 Å². The van der Waals surface area contributed by atoms with Crippen molar-refractivity contribution in [1.82, 2.24) is 9.78 Å². The number of aryl methyl sites for hydroxylation is 1. The molecular formula is C12H13N3O. The number of amides is 1. The van der Waals surface area contributed by atoms with Crippen LogP contribution in [0.2, 0.25) is 0 Å². The van der Waals surface area contributed by atoms with Crippen LogP contribution in [0, 0.1) is 0 Å². The van der Waals surface area contributed by atoms with Crippen LogP contribution in [0.15, 0.2) is 36.7 Å². The maximum absolute atomic E-state index is 10.7. The molecule has 2 aromatic rings. The molecule has 0 bridgehead atoms. The topological polar surface area (TPSA) is 60.9 Å². The maximum atomic E-state index is 10.7. The number of rotatable bonds is 3. The first-order chi connectivity index (χ1) is 7.65. The number of aromatic nitrogens is 2. The third-order valence-electron chi connectivity index (χ3n) is 2.37. The second kappa shape index (κ2) is 4.18. The SMILES string of the molecule is Cn1cc(-c2ccc(CC(N)=O)cc2)cn1. The molecule has 1 heterocycles. The number of nitrogens with zero attached hydrogens (tertiary/aromatic N) is 2. The molecule has 0 aliphatic rings. The highest BCUT2D eigenvalue weighted by Crippen LogP contribution is 2.18. The fraction of sp³-hybridized carbons (Fsp3) is 0.167. The molecule has 0 unspecified atom stereocenters. The van der Waals surface area contributed by atoms with Gasteiger partial charge < -0.3 is 5.73 Å². The van der Waals surface area contributed by atoms with Crippen molar-refractivity contribution in [3.63, 3.8) is 0 Å². The molecule has 0 saturated carbocycles. The van der Waals surface area contributed by atoms with E-state index in [4.69, 9.17) is 5.73 Å². The van der Waals surface area contributed by atoms with Crippen LogP contribution < -0.4 is 5.73 Å². The van der Waals surface area contributed by atoms with Crippen LogP contribution >= 0.6 is 0 Å². The van der Waals surface area contributed by atoms with E-state index in [-0.39, 0.29) is 12.3 Å². The molecule has 0 atom stereocenters. The predicted octanol–water partition coefficient (Wildman–Crippen LogP) is 1.11. The van der Waals surface area contributed by atoms with Gasteiger partial charge in [-0.15, -0.1) is 0 Å². The lowest BCUT2D eigenvalue weighted by Gasteiger charge is -2.00. The summed E-state index contributed by atoms with van der Waals surface area (Å²) < 4.78 is 1.76. The quantitative estimate of drug-likeness (QED) is 0.833. The standard InChI is InChI=1S/C12H13N3O/c1-15-8-11(7-14-15)10-4-2-9(3-5-10)6-12(13)16/h2-5,7-8H,6H2,1H3,(H2,13,16). The number of hydrogen-bond donors (Lipinski definition) is 1. The van der Waals surface area contributed by atoms with Crippen molar-refractivity contribution in [1.29, 1.82) is 0 Å². The number of carbonyl (C=O) groups excluding carboxylic acids is 1. The van der Waals surface area contributed by atoms with Gasteiger partial charge in [-0.1, -0.05) is 24.3 Å². The Kier molecular flexibility index (Phi) is 2.72. The van der Waals surface area contributed by atoms with Crippen molar-refractivity contribution in [3.8, 4) is 11.1 Å². The summed E-state index contributed by atoms with van der Waals surface area (Å²) in [7, 11) is 1.88. The summed E-state index contributed by atoms with van der Waals surface area (Å²) >= 11 is 0. The fourth-order valence-corrected chi connectivity index (χ4v) is 1.59. The lowest BCUT2D eigenvalue weighted by atomic mass is 10.1. The molecule has 82 valence electrons. The summed E-state index contributed by atoms with van der Waals surface area (Å²) in [6.45, 7) is 0. The van der Waals surface area contributed by atoms with E-state index in [0.29, 0.717) is 0 Å². The van der Waals surface area contributed by atoms with Crippen LogP contribution in [0.4, 0.5) is 0 Å². The van der Waals surface area contributed by atoms with Gasteiger partial charge in [0, 0.05) is 18.8 Å². The summed E-state index contributed by atoms with van der Waals surface area (Å²) in [5, 5.41) is 4.11. The van der Waals surface area contributed by atoms with Crippen LogP contribution in [0.1, 0.15) is 5.56 Å². The Morgan fingerprint density at radius 3 is 2.50 bits per heavy atom. The highest BCUT2D eigenvalue weighted by atomic mass is 16.1. The lowest BCUT2D eigenvalue weighted by Crippen LogP contribution is -2.13. The summed E-state index contributed by atoms with van der Waals surface area (Å²) in [5.74, 6) is -0.311. The Morgan fingerprint density at radius 1 is 1.31 bits per heavy atom. The van der Waals surface area contributed by atoms with E-state index < -0.39 is 0 Å². The van der Waals surface area contributed by atoms with Gasteiger partial charge in [0.25, 0.3) is 0 Å². The van der Waals surface area contributed by atoms with E-state index in [2.05, 4.69) is 5.10 Å². The minimum atomic E-state index is -0.311. The number of nitrogens with two attached hydrogens (primary N) is 1. The van der Waals surface area contributed by atoms with Crippen LogP contribution in [0.25, 0.3) is 11.1 Å². The predicted molar refractivity (Wildman–Crippen MR) is 61.5 cm³/mol. The number of primary amides is 1. The molecular weight excluding hydrogens is 202 g/mol. The van der Waals surface area contributed by atoms with Gasteiger partial charge in [-0.25, -0.2) is 0 Å². The Balaban J connectivity index is 2.22. The van der Waals surface area contributed by atoms with Crippen LogP contribution in [0.5, 0.6) is 0 Å². The molecule has 2 N–H and O–H groups in total. The molecule has 0 saturated heterocycles. The lowest BCUT2D eigenvalue weighted by molar-refractivity contribution is -0.117. The molecule has 4 heteroatoms. The van der Waals surface area contributed by atoms with Crippen molar-refractivity contribution >= 4 is 5.91 Å². The largest absolute Gasteiger partial charge is 0.369 e. The first-order valence-electron chi connectivity index (χ1n) is 5.01. The third-order valence-corrected chi connectivity index (χ3v) is 2.37. The van der Waals surface area contributed by atoms with Crippen LogP contribution in [-0.4, -0.2) is 15.7 Å². The van der Waals surface area contributed by atoms with E-state index in [1.165, 1.54) is 0 Å². The molecule has 0 spiro atoms. The van der Waals surface area contributed by atoms with Crippen LogP contribution in [-0.2, 0) is 18.3 Å². The van der Waals surface area contributed by atoms with Gasteiger partial charge in [0.05, 0.1) is 12.6 Å². The Labute approximate surface area is 93.7 Å². The molecule has 2 rings (SSSR count). The molecule has 0 radical (unpaired) electrons. The maximum Gasteiger partial charge on any atom is 0.221 e. The highest BCUT2D eigenvalue weighted by Gasteiger charge is 2.01. The van der Waals surface area contributed by atoms with Gasteiger partial charge in [-0.3, -0.25) is 9.48 Å². The van der Waals surface area contributed by atoms with E-state index >= 15 is 0 Å². The van der Waals surface area contributed by atoms with Crippen molar-refractivity contribution in [2.24, 2.45) is 12.8 Å².